The van der Waals surface area contributed by atoms with Gasteiger partial charge in [0.05, 0.1) is 5.69 Å². The van der Waals surface area contributed by atoms with Gasteiger partial charge in [0, 0.05) is 29.9 Å². The predicted molar refractivity (Wildman–Crippen MR) is 112 cm³/mol. The average molecular weight is 390 g/mol. The Morgan fingerprint density at radius 1 is 1.25 bits per heavy atom. The molecule has 0 aliphatic heterocycles. The van der Waals surface area contributed by atoms with Crippen LogP contribution in [0, 0.1) is 11.3 Å². The van der Waals surface area contributed by atoms with Crippen molar-refractivity contribution in [2.45, 2.75) is 13.8 Å². The number of nitriles is 1. The molecule has 0 saturated carbocycles. The molecule has 3 aromatic rings. The van der Waals surface area contributed by atoms with Crippen molar-refractivity contribution in [2.24, 2.45) is 0 Å². The number of thiazole rings is 1. The zero-order valence-corrected chi connectivity index (χ0v) is 16.3. The fraction of sp³-hybridized carbons (Fsp3) is 0.143. The predicted octanol–water partition coefficient (Wildman–Crippen LogP) is 4.21. The Labute approximate surface area is 166 Å². The maximum atomic E-state index is 12.6. The first-order valence-corrected chi connectivity index (χ1v) is 9.56. The van der Waals surface area contributed by atoms with Crippen molar-refractivity contribution in [1.29, 1.82) is 5.26 Å². The van der Waals surface area contributed by atoms with E-state index in [0.29, 0.717) is 23.1 Å². The zero-order chi connectivity index (χ0) is 20.1. The molecule has 140 valence electrons. The van der Waals surface area contributed by atoms with Gasteiger partial charge < -0.3 is 5.32 Å². The molecule has 0 radical (unpaired) electrons. The topological polar surface area (TPSA) is 86.1 Å². The lowest BCUT2D eigenvalue weighted by atomic mass is 10.1. The lowest BCUT2D eigenvalue weighted by molar-refractivity contribution is -0.116. The number of aromatic nitrogens is 1. The number of amides is 2. The summed E-state index contributed by atoms with van der Waals surface area (Å²) in [5.74, 6) is -0.617. The lowest BCUT2D eigenvalue weighted by Crippen LogP contribution is -2.27. The highest BCUT2D eigenvalue weighted by molar-refractivity contribution is 7.14. The Morgan fingerprint density at radius 2 is 2.00 bits per heavy atom. The Morgan fingerprint density at radius 3 is 2.71 bits per heavy atom. The van der Waals surface area contributed by atoms with E-state index < -0.39 is 5.91 Å². The fourth-order valence-electron chi connectivity index (χ4n) is 2.78. The number of nitrogens with zero attached hydrogens (tertiary/aromatic N) is 3. The van der Waals surface area contributed by atoms with Crippen LogP contribution >= 0.6 is 11.3 Å². The number of rotatable bonds is 5. The quantitative estimate of drug-likeness (QED) is 0.522. The standard InChI is InChI=1S/C21H18N4O2S/c1-3-25(14(2)26)21-23-17(13-28-21)11-16(12-22)20(27)24-19-10-6-8-15-7-4-5-9-18(15)19/h4-11,13H,3H2,1-2H3,(H,24,27)/b16-11+. The van der Waals surface area contributed by atoms with Gasteiger partial charge in [0.1, 0.15) is 11.6 Å². The van der Waals surface area contributed by atoms with Crippen LogP contribution in [0.1, 0.15) is 19.5 Å². The maximum absolute atomic E-state index is 12.6. The summed E-state index contributed by atoms with van der Waals surface area (Å²) in [7, 11) is 0. The monoisotopic (exact) mass is 390 g/mol. The molecular formula is C21H18N4O2S. The van der Waals surface area contributed by atoms with Crippen molar-refractivity contribution in [3.63, 3.8) is 0 Å². The van der Waals surface area contributed by atoms with Gasteiger partial charge in [-0.1, -0.05) is 36.4 Å². The molecule has 0 fully saturated rings. The number of benzene rings is 2. The molecule has 3 rings (SSSR count). The zero-order valence-electron chi connectivity index (χ0n) is 15.5. The van der Waals surface area contributed by atoms with E-state index >= 15 is 0 Å². The van der Waals surface area contributed by atoms with Crippen molar-refractivity contribution < 1.29 is 9.59 Å². The normalized spacial score (nSPS) is 11.1. The summed E-state index contributed by atoms with van der Waals surface area (Å²) in [5.41, 5.74) is 1.04. The summed E-state index contributed by atoms with van der Waals surface area (Å²) in [6.45, 7) is 3.83. The third kappa shape index (κ3) is 4.08. The van der Waals surface area contributed by atoms with Crippen LogP contribution in [-0.2, 0) is 9.59 Å². The van der Waals surface area contributed by atoms with Gasteiger partial charge in [0.25, 0.3) is 5.91 Å². The number of hydrogen-bond acceptors (Lipinski definition) is 5. The van der Waals surface area contributed by atoms with Crippen LogP contribution in [-0.4, -0.2) is 23.3 Å². The summed E-state index contributed by atoms with van der Waals surface area (Å²) in [6, 6.07) is 15.2. The highest BCUT2D eigenvalue weighted by Gasteiger charge is 2.15. The number of hydrogen-bond donors (Lipinski definition) is 1. The number of carbonyl (C=O) groups excluding carboxylic acids is 2. The first-order chi connectivity index (χ1) is 13.5. The SMILES string of the molecule is CCN(C(C)=O)c1nc(/C=C(\C#N)C(=O)Nc2cccc3ccccc23)cs1. The Bertz CT molecular complexity index is 1110. The molecule has 1 aromatic heterocycles. The van der Waals surface area contributed by atoms with Gasteiger partial charge >= 0.3 is 0 Å². The van der Waals surface area contributed by atoms with Gasteiger partial charge in [-0.2, -0.15) is 5.26 Å². The molecule has 6 nitrogen and oxygen atoms in total. The van der Waals surface area contributed by atoms with Crippen molar-refractivity contribution in [1.82, 2.24) is 4.98 Å². The molecule has 7 heteroatoms. The first kappa shape index (κ1) is 19.3. The van der Waals surface area contributed by atoms with Crippen LogP contribution < -0.4 is 10.2 Å². The van der Waals surface area contributed by atoms with Gasteiger partial charge in [-0.25, -0.2) is 4.98 Å². The molecule has 2 amide bonds. The van der Waals surface area contributed by atoms with E-state index in [1.165, 1.54) is 29.2 Å². The maximum Gasteiger partial charge on any atom is 0.266 e. The smallest absolute Gasteiger partial charge is 0.266 e. The van der Waals surface area contributed by atoms with Crippen LogP contribution in [0.3, 0.4) is 0 Å². The van der Waals surface area contributed by atoms with E-state index in [9.17, 15) is 14.9 Å². The number of nitrogens with one attached hydrogen (secondary N) is 1. The third-order valence-electron chi connectivity index (χ3n) is 4.13. The van der Waals surface area contributed by atoms with Gasteiger partial charge in [0.15, 0.2) is 5.13 Å². The second-order valence-corrected chi connectivity index (χ2v) is 6.81. The van der Waals surface area contributed by atoms with Gasteiger partial charge in [-0.15, -0.1) is 11.3 Å². The minimum absolute atomic E-state index is 0.0596. The summed E-state index contributed by atoms with van der Waals surface area (Å²) in [4.78, 5) is 30.1. The Balaban J connectivity index is 1.85. The van der Waals surface area contributed by atoms with Crippen LogP contribution in [0.5, 0.6) is 0 Å². The Kier molecular flexibility index (Phi) is 5.82. The van der Waals surface area contributed by atoms with Crippen LogP contribution in [0.25, 0.3) is 16.8 Å². The number of fused-ring (bicyclic) bond motifs is 1. The average Bonchev–Trinajstić information content (AvgIpc) is 3.14. The van der Waals surface area contributed by atoms with E-state index in [2.05, 4.69) is 10.3 Å². The van der Waals surface area contributed by atoms with E-state index in [1.807, 2.05) is 49.4 Å². The van der Waals surface area contributed by atoms with Crippen molar-refractivity contribution in [3.8, 4) is 6.07 Å². The Hall–Kier alpha value is -3.50. The van der Waals surface area contributed by atoms with Crippen LogP contribution in [0.2, 0.25) is 0 Å². The van der Waals surface area contributed by atoms with E-state index in [0.717, 1.165) is 10.8 Å². The largest absolute Gasteiger partial charge is 0.321 e. The van der Waals surface area contributed by atoms with Crippen molar-refractivity contribution in [2.75, 3.05) is 16.8 Å². The molecule has 0 aliphatic rings. The molecule has 0 unspecified atom stereocenters. The molecule has 0 spiro atoms. The molecule has 0 bridgehead atoms. The second-order valence-electron chi connectivity index (χ2n) is 5.97. The van der Waals surface area contributed by atoms with Gasteiger partial charge in [0.2, 0.25) is 5.91 Å². The van der Waals surface area contributed by atoms with Crippen LogP contribution in [0.15, 0.2) is 53.4 Å². The van der Waals surface area contributed by atoms with E-state index in [1.54, 1.807) is 11.4 Å². The molecular weight excluding hydrogens is 372 g/mol. The van der Waals surface area contributed by atoms with Crippen molar-refractivity contribution in [3.05, 3.63) is 59.1 Å². The minimum atomic E-state index is -0.507. The fourth-order valence-corrected chi connectivity index (χ4v) is 3.67. The summed E-state index contributed by atoms with van der Waals surface area (Å²) in [5, 5.41) is 16.4. The third-order valence-corrected chi connectivity index (χ3v) is 5.01. The molecule has 28 heavy (non-hydrogen) atoms. The van der Waals surface area contributed by atoms with Crippen LogP contribution in [0.4, 0.5) is 10.8 Å². The van der Waals surface area contributed by atoms with E-state index in [-0.39, 0.29) is 11.5 Å². The van der Waals surface area contributed by atoms with Crippen molar-refractivity contribution >= 4 is 50.8 Å². The highest BCUT2D eigenvalue weighted by atomic mass is 32.1. The number of carbonyl (C=O) groups is 2. The summed E-state index contributed by atoms with van der Waals surface area (Å²) >= 11 is 1.29. The summed E-state index contributed by atoms with van der Waals surface area (Å²) < 4.78 is 0. The molecule has 1 N–H and O–H groups in total. The minimum Gasteiger partial charge on any atom is -0.321 e. The van der Waals surface area contributed by atoms with E-state index in [4.69, 9.17) is 0 Å². The molecule has 0 saturated heterocycles. The van der Waals surface area contributed by atoms with Gasteiger partial charge in [-0.3, -0.25) is 14.5 Å². The molecule has 0 aliphatic carbocycles. The second kappa shape index (κ2) is 8.46. The molecule has 2 aromatic carbocycles. The molecule has 0 atom stereocenters. The lowest BCUT2D eigenvalue weighted by Gasteiger charge is -2.14. The van der Waals surface area contributed by atoms with Gasteiger partial charge in [-0.05, 0) is 24.5 Å². The molecule has 1 heterocycles. The highest BCUT2D eigenvalue weighted by Crippen LogP contribution is 2.25. The summed E-state index contributed by atoms with van der Waals surface area (Å²) in [6.07, 6.45) is 1.43. The first-order valence-electron chi connectivity index (χ1n) is 8.68. The number of anilines is 2.